The Bertz CT molecular complexity index is 1840. The quantitative estimate of drug-likeness (QED) is 0.111. The van der Waals surface area contributed by atoms with Crippen LogP contribution in [0.5, 0.6) is 11.5 Å². The molecule has 4 atom stereocenters. The molecule has 3 aromatic carbocycles. The highest BCUT2D eigenvalue weighted by atomic mass is 16.6. The fourth-order valence-electron chi connectivity index (χ4n) is 5.71. The topological polar surface area (TPSA) is 157 Å². The number of nitrogens with zero attached hydrogens (tertiary/aromatic N) is 5. The van der Waals surface area contributed by atoms with Gasteiger partial charge in [0, 0.05) is 14.1 Å². The molecule has 0 spiro atoms. The molecule has 47 heavy (non-hydrogen) atoms. The maximum absolute atomic E-state index is 12.7. The van der Waals surface area contributed by atoms with Gasteiger partial charge in [-0.2, -0.15) is 4.98 Å². The Kier molecular flexibility index (Phi) is 9.05. The minimum absolute atomic E-state index is 0.0425. The first kappa shape index (κ1) is 31.9. The zero-order valence-corrected chi connectivity index (χ0v) is 26.3. The number of aliphatic imine (C=N–C) groups is 1. The summed E-state index contributed by atoms with van der Waals surface area (Å²) in [5.74, 6) is 1.42. The molecule has 0 saturated carbocycles. The maximum Gasteiger partial charge on any atom is 0.280 e. The molecule has 1 unspecified atom stereocenters. The molecule has 3 heterocycles. The molecule has 0 amide bonds. The van der Waals surface area contributed by atoms with Crippen LogP contribution >= 0.6 is 0 Å². The highest BCUT2D eigenvalue weighted by molar-refractivity contribution is 5.71. The number of aromatic amines is 1. The summed E-state index contributed by atoms with van der Waals surface area (Å²) < 4.78 is 25.4. The predicted molar refractivity (Wildman–Crippen MR) is 174 cm³/mol. The number of H-pyrrole nitrogens is 1. The Hall–Kier alpha value is -5.08. The Morgan fingerprint density at radius 2 is 1.53 bits per heavy atom. The number of hydrogen-bond acceptors (Lipinski definition) is 10. The molecular formula is C34H36N6O7. The molecule has 2 aromatic heterocycles. The number of nitrogens with one attached hydrogen (secondary N) is 1. The molecule has 1 aliphatic rings. The molecule has 5 aromatic rings. The van der Waals surface area contributed by atoms with Gasteiger partial charge in [-0.1, -0.05) is 54.6 Å². The van der Waals surface area contributed by atoms with Gasteiger partial charge in [0.05, 0.1) is 33.5 Å². The molecule has 3 N–H and O–H groups in total. The van der Waals surface area contributed by atoms with Crippen LogP contribution in [0.3, 0.4) is 0 Å². The molecule has 0 radical (unpaired) electrons. The number of benzene rings is 3. The van der Waals surface area contributed by atoms with Crippen molar-refractivity contribution in [1.29, 1.82) is 0 Å². The van der Waals surface area contributed by atoms with Gasteiger partial charge in [0.2, 0.25) is 5.95 Å². The second-order valence-electron chi connectivity index (χ2n) is 11.3. The van der Waals surface area contributed by atoms with Gasteiger partial charge in [0.15, 0.2) is 17.4 Å². The number of hydrogen-bond donors (Lipinski definition) is 3. The number of aliphatic hydroxyl groups is 2. The number of fused-ring (bicyclic) bond motifs is 1. The minimum atomic E-state index is -1.39. The van der Waals surface area contributed by atoms with Crippen LogP contribution in [-0.2, 0) is 15.1 Å². The van der Waals surface area contributed by atoms with E-state index >= 15 is 0 Å². The highest BCUT2D eigenvalue weighted by Gasteiger charge is 2.47. The van der Waals surface area contributed by atoms with Crippen molar-refractivity contribution in [2.24, 2.45) is 4.99 Å². The van der Waals surface area contributed by atoms with E-state index in [1.165, 1.54) is 17.2 Å². The van der Waals surface area contributed by atoms with Crippen molar-refractivity contribution in [3.05, 3.63) is 112 Å². The molecule has 13 nitrogen and oxygen atoms in total. The van der Waals surface area contributed by atoms with E-state index in [-0.39, 0.29) is 23.7 Å². The smallest absolute Gasteiger partial charge is 0.280 e. The maximum atomic E-state index is 12.7. The van der Waals surface area contributed by atoms with Gasteiger partial charge in [-0.3, -0.25) is 14.3 Å². The molecule has 1 aliphatic heterocycles. The standard InChI is InChI=1S/C34H36N6O7/c1-39(2)19-36-33-37-30-27(31(43)38-33)35-20-40(30)32-29(42)28(41)26(47-32)18-46-34(21-8-6-5-7-9-21,22-10-14-24(44-3)15-11-22)23-12-16-25(45-4)17-13-23/h5-17,19-20,26,28-29,32,41-42H,18H2,1-4H3,(H,37,38,43)/b36-19+/t26-,28?,29+,32-/m1/s1. The van der Waals surface area contributed by atoms with Crippen LogP contribution in [0.1, 0.15) is 22.9 Å². The third kappa shape index (κ3) is 6.09. The van der Waals surface area contributed by atoms with Crippen molar-refractivity contribution >= 4 is 23.5 Å². The zero-order valence-electron chi connectivity index (χ0n) is 26.3. The van der Waals surface area contributed by atoms with Crippen LogP contribution in [0.15, 0.2) is 95.0 Å². The summed E-state index contributed by atoms with van der Waals surface area (Å²) in [6.45, 7) is -0.124. The lowest BCUT2D eigenvalue weighted by Gasteiger charge is -2.37. The van der Waals surface area contributed by atoms with Crippen LogP contribution in [0.4, 0.5) is 5.95 Å². The van der Waals surface area contributed by atoms with Crippen molar-refractivity contribution < 1.29 is 29.2 Å². The summed E-state index contributed by atoms with van der Waals surface area (Å²) in [4.78, 5) is 29.8. The van der Waals surface area contributed by atoms with Crippen molar-refractivity contribution in [2.75, 3.05) is 34.9 Å². The minimum Gasteiger partial charge on any atom is -0.497 e. The normalized spacial score (nSPS) is 19.8. The third-order valence-corrected chi connectivity index (χ3v) is 8.08. The Labute approximate surface area is 270 Å². The van der Waals surface area contributed by atoms with Crippen molar-refractivity contribution in [2.45, 2.75) is 30.1 Å². The van der Waals surface area contributed by atoms with Gasteiger partial charge >= 0.3 is 0 Å². The molecular weight excluding hydrogens is 604 g/mol. The molecule has 13 heteroatoms. The van der Waals surface area contributed by atoms with Crippen LogP contribution in [0, 0.1) is 0 Å². The summed E-state index contributed by atoms with van der Waals surface area (Å²) in [5.41, 5.74) is 0.951. The first-order chi connectivity index (χ1) is 22.7. The summed E-state index contributed by atoms with van der Waals surface area (Å²) in [6, 6.07) is 24.9. The second kappa shape index (κ2) is 13.3. The van der Waals surface area contributed by atoms with Crippen molar-refractivity contribution in [1.82, 2.24) is 24.4 Å². The lowest BCUT2D eigenvalue weighted by atomic mass is 9.80. The van der Waals surface area contributed by atoms with Gasteiger partial charge in [-0.25, -0.2) is 9.98 Å². The van der Waals surface area contributed by atoms with Crippen LogP contribution in [-0.4, -0.2) is 94.2 Å². The fourth-order valence-corrected chi connectivity index (χ4v) is 5.71. The van der Waals surface area contributed by atoms with E-state index in [1.54, 1.807) is 33.2 Å². The van der Waals surface area contributed by atoms with E-state index in [0.717, 1.165) is 16.7 Å². The molecule has 1 saturated heterocycles. The van der Waals surface area contributed by atoms with E-state index in [0.29, 0.717) is 11.5 Å². The average molecular weight is 641 g/mol. The second-order valence-corrected chi connectivity index (χ2v) is 11.3. The van der Waals surface area contributed by atoms with E-state index < -0.39 is 35.7 Å². The third-order valence-electron chi connectivity index (χ3n) is 8.08. The largest absolute Gasteiger partial charge is 0.497 e. The van der Waals surface area contributed by atoms with Gasteiger partial charge in [-0.15, -0.1) is 0 Å². The number of rotatable bonds is 11. The van der Waals surface area contributed by atoms with E-state index in [9.17, 15) is 15.0 Å². The number of aromatic nitrogens is 4. The summed E-state index contributed by atoms with van der Waals surface area (Å²) >= 11 is 0. The Morgan fingerprint density at radius 1 is 0.936 bits per heavy atom. The van der Waals surface area contributed by atoms with Crippen LogP contribution in [0.25, 0.3) is 11.2 Å². The SMILES string of the molecule is COc1ccc(C(OC[C@H]2O[C@@H](n3cnc4c(=O)[nH]c(/N=C/N(C)C)nc43)[C@@H](O)C2O)(c2ccccc2)c2ccc(OC)cc2)cc1. The number of imidazole rings is 1. The van der Waals surface area contributed by atoms with Gasteiger partial charge < -0.3 is 34.1 Å². The van der Waals surface area contributed by atoms with E-state index in [2.05, 4.69) is 19.9 Å². The Morgan fingerprint density at radius 3 is 2.11 bits per heavy atom. The van der Waals surface area contributed by atoms with Gasteiger partial charge in [0.25, 0.3) is 5.56 Å². The lowest BCUT2D eigenvalue weighted by Crippen LogP contribution is -2.39. The van der Waals surface area contributed by atoms with E-state index in [4.69, 9.17) is 18.9 Å². The first-order valence-electron chi connectivity index (χ1n) is 14.9. The Balaban J connectivity index is 1.37. The summed E-state index contributed by atoms with van der Waals surface area (Å²) in [7, 11) is 6.78. The molecule has 0 aliphatic carbocycles. The van der Waals surface area contributed by atoms with Gasteiger partial charge in [0.1, 0.15) is 35.4 Å². The zero-order chi connectivity index (χ0) is 33.1. The molecule has 244 valence electrons. The monoisotopic (exact) mass is 640 g/mol. The van der Waals surface area contributed by atoms with Gasteiger partial charge in [-0.05, 0) is 41.0 Å². The number of ether oxygens (including phenoxy) is 4. The highest BCUT2D eigenvalue weighted by Crippen LogP contribution is 2.43. The van der Waals surface area contributed by atoms with Crippen molar-refractivity contribution in [3.8, 4) is 11.5 Å². The lowest BCUT2D eigenvalue weighted by molar-refractivity contribution is -0.0942. The van der Waals surface area contributed by atoms with Crippen molar-refractivity contribution in [3.63, 3.8) is 0 Å². The number of aliphatic hydroxyl groups excluding tert-OH is 2. The summed E-state index contributed by atoms with van der Waals surface area (Å²) in [6.07, 6.45) is -1.97. The van der Waals surface area contributed by atoms with Crippen LogP contribution in [0.2, 0.25) is 0 Å². The molecule has 1 fully saturated rings. The predicted octanol–water partition coefficient (Wildman–Crippen LogP) is 2.99. The molecule has 6 rings (SSSR count). The van der Waals surface area contributed by atoms with E-state index in [1.807, 2.05) is 78.9 Å². The first-order valence-corrected chi connectivity index (χ1v) is 14.9. The van der Waals surface area contributed by atoms with Crippen LogP contribution < -0.4 is 15.0 Å². The molecule has 0 bridgehead atoms. The summed E-state index contributed by atoms with van der Waals surface area (Å²) in [5, 5.41) is 22.5. The number of methoxy groups -OCH3 is 2. The fraction of sp³-hybridized carbons (Fsp3) is 0.294. The average Bonchev–Trinajstić information content (AvgIpc) is 3.65.